The van der Waals surface area contributed by atoms with E-state index in [1.807, 2.05) is 31.9 Å². The molecule has 186 valence electrons. The molecule has 1 heterocycles. The quantitative estimate of drug-likeness (QED) is 0.439. The maximum Gasteiger partial charge on any atom is 1.00 e. The molecule has 2 aromatic carbocycles. The summed E-state index contributed by atoms with van der Waals surface area (Å²) in [6, 6.07) is 14.5. The van der Waals surface area contributed by atoms with Gasteiger partial charge < -0.3 is 32.3 Å². The van der Waals surface area contributed by atoms with E-state index in [0.717, 1.165) is 12.1 Å². The number of carbonyl (C=O) groups excluding carboxylic acids is 2. The van der Waals surface area contributed by atoms with Crippen LogP contribution in [0.5, 0.6) is 5.75 Å². The molecule has 9 heteroatoms. The Morgan fingerprint density at radius 2 is 1.97 bits per heavy atom. The van der Waals surface area contributed by atoms with Gasteiger partial charge in [-0.2, -0.15) is 17.4 Å². The van der Waals surface area contributed by atoms with Crippen molar-refractivity contribution < 1.29 is 74.8 Å². The normalized spacial score (nSPS) is 16.0. The minimum Gasteiger partial charge on any atom is -0.634 e. The Hall–Kier alpha value is -1.64. The topological polar surface area (TPSA) is 106 Å². The number of benzene rings is 2. The van der Waals surface area contributed by atoms with Crippen LogP contribution in [0.1, 0.15) is 32.3 Å². The monoisotopic (exact) mass is 509 g/mol. The van der Waals surface area contributed by atoms with Gasteiger partial charge in [-0.3, -0.25) is 4.79 Å². The van der Waals surface area contributed by atoms with Crippen LogP contribution in [0.3, 0.4) is 0 Å². The zero-order valence-corrected chi connectivity index (χ0v) is 24.6. The van der Waals surface area contributed by atoms with Gasteiger partial charge in [0.05, 0.1) is 6.07 Å². The van der Waals surface area contributed by atoms with Crippen molar-refractivity contribution in [3.05, 3.63) is 61.3 Å². The Morgan fingerprint density at radius 1 is 1.31 bits per heavy atom. The van der Waals surface area contributed by atoms with Gasteiger partial charge in [-0.15, -0.1) is 11.3 Å². The summed E-state index contributed by atoms with van der Waals surface area (Å²) in [5, 5.41) is 8.51. The smallest absolute Gasteiger partial charge is 0.634 e. The number of primary amides is 1. The predicted octanol–water partition coefficient (Wildman–Crippen LogP) is 0.868. The van der Waals surface area contributed by atoms with E-state index in [4.69, 9.17) is 15.7 Å². The first-order valence-corrected chi connectivity index (χ1v) is 10.6. The summed E-state index contributed by atoms with van der Waals surface area (Å²) in [6.45, 7) is 6.79. The molecule has 0 bridgehead atoms. The number of methoxy groups -OCH3 is 1. The van der Waals surface area contributed by atoms with Gasteiger partial charge >= 0.3 is 51.4 Å². The molecule has 0 saturated carbocycles. The number of amides is 1. The molecular formula is C26H33FKN3O4-2. The SMILES string of the molecule is CC.COC1(C(N)=O)CCN(C)C1.N#CCCc1ccc(-c2c[c-]c(O[C-]=O)cc2)cc1F.[CH3-].[K+]. The van der Waals surface area contributed by atoms with Gasteiger partial charge in [-0.1, -0.05) is 31.5 Å². The molecule has 1 aliphatic rings. The summed E-state index contributed by atoms with van der Waals surface area (Å²) < 4.78 is 23.5. The number of halogens is 1. The second-order valence-corrected chi connectivity index (χ2v) is 7.14. The number of hydrogen-bond acceptors (Lipinski definition) is 6. The van der Waals surface area contributed by atoms with Gasteiger partial charge in [0.15, 0.2) is 12.1 Å². The number of likely N-dealkylation sites (tertiary alicyclic amines) is 1. The number of likely N-dealkylation sites (N-methyl/N-ethyl adjacent to an activating group) is 1. The number of nitriles is 1. The molecule has 0 aliphatic carbocycles. The number of hydrogen-bond donors (Lipinski definition) is 1. The average molecular weight is 510 g/mol. The zero-order valence-electron chi connectivity index (χ0n) is 21.5. The van der Waals surface area contributed by atoms with Crippen molar-refractivity contribution in [2.75, 3.05) is 27.2 Å². The van der Waals surface area contributed by atoms with Gasteiger partial charge in [0.1, 0.15) is 5.82 Å². The minimum atomic E-state index is -0.727. The maximum atomic E-state index is 13.9. The summed E-state index contributed by atoms with van der Waals surface area (Å²) in [6.07, 6.45) is 1.39. The first-order valence-electron chi connectivity index (χ1n) is 10.6. The summed E-state index contributed by atoms with van der Waals surface area (Å²) in [5.74, 6) is -0.432. The third-order valence-electron chi connectivity index (χ3n) is 5.09. The summed E-state index contributed by atoms with van der Waals surface area (Å²) >= 11 is 0. The fourth-order valence-electron chi connectivity index (χ4n) is 3.25. The zero-order chi connectivity index (χ0) is 24.9. The van der Waals surface area contributed by atoms with Crippen LogP contribution in [0.25, 0.3) is 11.1 Å². The van der Waals surface area contributed by atoms with Crippen molar-refractivity contribution in [2.45, 2.75) is 38.7 Å². The van der Waals surface area contributed by atoms with Crippen molar-refractivity contribution in [1.29, 1.82) is 5.26 Å². The molecule has 0 aromatic heterocycles. The van der Waals surface area contributed by atoms with Crippen LogP contribution in [-0.4, -0.2) is 50.1 Å². The molecule has 0 radical (unpaired) electrons. The van der Waals surface area contributed by atoms with Crippen LogP contribution in [0.15, 0.2) is 36.4 Å². The molecule has 1 aliphatic heterocycles. The maximum absolute atomic E-state index is 13.9. The van der Waals surface area contributed by atoms with Crippen LogP contribution in [0, 0.1) is 30.6 Å². The third kappa shape index (κ3) is 10.9. The molecular weight excluding hydrogens is 476 g/mol. The van der Waals surface area contributed by atoms with Crippen LogP contribution < -0.4 is 61.9 Å². The molecule has 1 unspecified atom stereocenters. The second-order valence-electron chi connectivity index (χ2n) is 7.14. The largest absolute Gasteiger partial charge is 1.00 e. The van der Waals surface area contributed by atoms with Crippen LogP contribution in [0.2, 0.25) is 0 Å². The Bertz CT molecular complexity index is 951. The van der Waals surface area contributed by atoms with Crippen molar-refractivity contribution in [3.8, 4) is 22.9 Å². The minimum absolute atomic E-state index is 0. The molecule has 1 fully saturated rings. The van der Waals surface area contributed by atoms with E-state index in [-0.39, 0.29) is 82.7 Å². The van der Waals surface area contributed by atoms with Crippen LogP contribution >= 0.6 is 0 Å². The first-order chi connectivity index (χ1) is 15.8. The first kappa shape index (κ1) is 35.5. The predicted molar refractivity (Wildman–Crippen MR) is 130 cm³/mol. The molecule has 35 heavy (non-hydrogen) atoms. The molecule has 2 N–H and O–H groups in total. The van der Waals surface area contributed by atoms with E-state index in [1.54, 1.807) is 30.3 Å². The summed E-state index contributed by atoms with van der Waals surface area (Å²) in [4.78, 5) is 23.1. The second kappa shape index (κ2) is 18.6. The number of nitrogens with zero attached hydrogens (tertiary/aromatic N) is 2. The Balaban J connectivity index is 0. The summed E-state index contributed by atoms with van der Waals surface area (Å²) in [7, 11) is 3.48. The van der Waals surface area contributed by atoms with E-state index in [2.05, 4.69) is 10.8 Å². The molecule has 7 nitrogen and oxygen atoms in total. The van der Waals surface area contributed by atoms with E-state index in [0.29, 0.717) is 30.5 Å². The van der Waals surface area contributed by atoms with Gasteiger partial charge in [0.2, 0.25) is 0 Å². The Morgan fingerprint density at radius 3 is 2.37 bits per heavy atom. The van der Waals surface area contributed by atoms with Crippen molar-refractivity contribution >= 4 is 12.4 Å². The number of nitrogens with two attached hydrogens (primary N) is 1. The molecule has 3 rings (SSSR count). The number of aryl methyl sites for hydroxylation is 1. The fraction of sp³-hybridized carbons (Fsp3) is 0.385. The number of ether oxygens (including phenoxy) is 2. The Labute approximate surface area is 251 Å². The Kier molecular flexibility index (Phi) is 18.9. The van der Waals surface area contributed by atoms with Crippen molar-refractivity contribution in [1.82, 2.24) is 4.90 Å². The van der Waals surface area contributed by atoms with E-state index < -0.39 is 5.60 Å². The van der Waals surface area contributed by atoms with E-state index in [9.17, 15) is 14.0 Å². The van der Waals surface area contributed by atoms with Gasteiger partial charge in [-0.25, -0.2) is 16.5 Å². The van der Waals surface area contributed by atoms with Crippen molar-refractivity contribution in [2.24, 2.45) is 5.73 Å². The van der Waals surface area contributed by atoms with Gasteiger partial charge in [-0.05, 0) is 31.5 Å². The van der Waals surface area contributed by atoms with Gasteiger partial charge in [0.25, 0.3) is 5.91 Å². The summed E-state index contributed by atoms with van der Waals surface area (Å²) in [5.41, 5.74) is 6.46. The van der Waals surface area contributed by atoms with Crippen molar-refractivity contribution in [3.63, 3.8) is 0 Å². The van der Waals surface area contributed by atoms with Crippen LogP contribution in [-0.2, 0) is 20.7 Å². The van der Waals surface area contributed by atoms with Gasteiger partial charge in [0, 0.05) is 26.6 Å². The standard InChI is InChI=1S/C16H10FNO2.C7H14N2O2.C2H6.CH3.K/c17-16-10-14(4-3-13(16)2-1-9-18)12-5-7-15(8-6-12)20-11-19;1-9-4-3-7(5-9,11-2)6(8)10;1-2;;/h3-7,10H,1-2H2;3-5H2,1-2H3,(H2,8,10);1-2H3;1H3;/q-2;;;-1;+1. The average Bonchev–Trinajstić information content (AvgIpc) is 3.23. The molecule has 1 atom stereocenters. The van der Waals surface area contributed by atoms with E-state index >= 15 is 0 Å². The number of rotatable bonds is 7. The number of carbonyl (C=O) groups is 1. The molecule has 1 amide bonds. The molecule has 0 spiro atoms. The fourth-order valence-corrected chi connectivity index (χ4v) is 3.25. The van der Waals surface area contributed by atoms with Crippen LogP contribution in [0.4, 0.5) is 4.39 Å². The third-order valence-corrected chi connectivity index (χ3v) is 5.09. The van der Waals surface area contributed by atoms with E-state index in [1.165, 1.54) is 19.6 Å². The molecule has 2 aromatic rings. The molecule has 1 saturated heterocycles.